The zero-order chi connectivity index (χ0) is 19.2. The summed E-state index contributed by atoms with van der Waals surface area (Å²) in [7, 11) is -3.99. The number of ether oxygens (including phenoxy) is 1. The van der Waals surface area contributed by atoms with Crippen LogP contribution in [0.3, 0.4) is 0 Å². The zero-order valence-electron chi connectivity index (χ0n) is 13.8. The number of halogens is 1. The molecule has 0 aliphatic heterocycles. The van der Waals surface area contributed by atoms with Crippen LogP contribution in [0.25, 0.3) is 0 Å². The molecular weight excluding hydrogens is 398 g/mol. The van der Waals surface area contributed by atoms with Crippen LogP contribution in [0.4, 0.5) is 0 Å². The van der Waals surface area contributed by atoms with E-state index in [1.54, 1.807) is 30.5 Å². The Morgan fingerprint density at radius 3 is 2.46 bits per heavy atom. The number of rotatable bonds is 9. The molecule has 2 rings (SSSR count). The molecule has 0 fully saturated rings. The lowest BCUT2D eigenvalue weighted by Gasteiger charge is -2.19. The van der Waals surface area contributed by atoms with Crippen LogP contribution in [0.5, 0.6) is 11.5 Å². The minimum atomic E-state index is -3.99. The van der Waals surface area contributed by atoms with Crippen molar-refractivity contribution in [2.45, 2.75) is 17.4 Å². The second-order valence-corrected chi connectivity index (χ2v) is 8.39. The molecule has 1 atom stereocenters. The smallest absolute Gasteiger partial charge is 0.241 e. The van der Waals surface area contributed by atoms with Gasteiger partial charge in [0.15, 0.2) is 0 Å². The number of para-hydroxylation sites is 1. The summed E-state index contributed by atoms with van der Waals surface area (Å²) in [6, 6.07) is 11.2. The van der Waals surface area contributed by atoms with Gasteiger partial charge in [-0.3, -0.25) is 0 Å². The van der Waals surface area contributed by atoms with Gasteiger partial charge in [-0.05, 0) is 54.8 Å². The van der Waals surface area contributed by atoms with E-state index in [-0.39, 0.29) is 11.3 Å². The minimum absolute atomic E-state index is 0.0700. The molecule has 0 unspecified atom stereocenters. The van der Waals surface area contributed by atoms with E-state index < -0.39 is 22.0 Å². The summed E-state index contributed by atoms with van der Waals surface area (Å²) in [4.78, 5) is 11.1. The van der Waals surface area contributed by atoms with Gasteiger partial charge in [0.25, 0.3) is 0 Å². The number of carboxylic acid groups (broad SMARTS) is 1. The standard InChI is InChI=1S/C17H18ClNO5S2/c1-25-11-10-15(17(20)21)19-26(22,23)13-8-6-12(7-9-13)24-16-5-3-2-4-14(16)18/h2-9,15,19H,10-11H2,1H3,(H,20,21)/p-1/t15-/m0/s1. The Labute approximate surface area is 161 Å². The van der Waals surface area contributed by atoms with Crippen molar-refractivity contribution in [3.63, 3.8) is 0 Å². The lowest BCUT2D eigenvalue weighted by molar-refractivity contribution is -0.308. The third-order valence-electron chi connectivity index (χ3n) is 3.39. The van der Waals surface area contributed by atoms with Crippen molar-refractivity contribution in [1.29, 1.82) is 0 Å². The lowest BCUT2D eigenvalue weighted by atomic mass is 10.2. The van der Waals surface area contributed by atoms with Crippen LogP contribution in [-0.4, -0.2) is 32.4 Å². The van der Waals surface area contributed by atoms with Gasteiger partial charge in [0.1, 0.15) is 11.5 Å². The molecule has 9 heteroatoms. The molecular formula is C17H17ClNO5S2-. The molecule has 2 aromatic carbocycles. The second-order valence-electron chi connectivity index (χ2n) is 5.28. The summed E-state index contributed by atoms with van der Waals surface area (Å²) in [5.41, 5.74) is 0. The summed E-state index contributed by atoms with van der Waals surface area (Å²) in [5, 5.41) is 11.6. The van der Waals surface area contributed by atoms with Crippen LogP contribution in [0.15, 0.2) is 53.4 Å². The predicted molar refractivity (Wildman–Crippen MR) is 100 cm³/mol. The van der Waals surface area contributed by atoms with Crippen molar-refractivity contribution < 1.29 is 23.1 Å². The average molecular weight is 415 g/mol. The van der Waals surface area contributed by atoms with E-state index in [9.17, 15) is 18.3 Å². The Hall–Kier alpha value is -1.74. The fourth-order valence-electron chi connectivity index (χ4n) is 2.06. The predicted octanol–water partition coefficient (Wildman–Crippen LogP) is 2.28. The third-order valence-corrected chi connectivity index (χ3v) is 5.83. The van der Waals surface area contributed by atoms with E-state index in [0.29, 0.717) is 22.3 Å². The van der Waals surface area contributed by atoms with Crippen LogP contribution in [0.2, 0.25) is 5.02 Å². The molecule has 2 aromatic rings. The number of hydrogen-bond donors (Lipinski definition) is 1. The van der Waals surface area contributed by atoms with Crippen molar-refractivity contribution in [3.05, 3.63) is 53.6 Å². The first-order valence-corrected chi connectivity index (χ1v) is 10.8. The number of sulfonamides is 1. The number of benzene rings is 2. The maximum Gasteiger partial charge on any atom is 0.241 e. The highest BCUT2D eigenvalue weighted by atomic mass is 35.5. The molecule has 0 heterocycles. The summed E-state index contributed by atoms with van der Waals surface area (Å²) in [5.74, 6) is -0.125. The van der Waals surface area contributed by atoms with Crippen LogP contribution in [-0.2, 0) is 14.8 Å². The van der Waals surface area contributed by atoms with Gasteiger partial charge in [-0.1, -0.05) is 23.7 Å². The van der Waals surface area contributed by atoms with Gasteiger partial charge in [0.05, 0.1) is 21.9 Å². The lowest BCUT2D eigenvalue weighted by Crippen LogP contribution is -2.48. The molecule has 0 spiro atoms. The van der Waals surface area contributed by atoms with Crippen LogP contribution in [0.1, 0.15) is 6.42 Å². The Bertz CT molecular complexity index is 856. The number of carboxylic acids is 1. The molecule has 0 saturated carbocycles. The summed E-state index contributed by atoms with van der Waals surface area (Å²) >= 11 is 7.43. The number of hydrogen-bond acceptors (Lipinski definition) is 6. The van der Waals surface area contributed by atoms with E-state index in [1.807, 2.05) is 0 Å². The largest absolute Gasteiger partial charge is 0.548 e. The summed E-state index contributed by atoms with van der Waals surface area (Å²) < 4.78 is 32.5. The average Bonchev–Trinajstić information content (AvgIpc) is 2.61. The van der Waals surface area contributed by atoms with Crippen molar-refractivity contribution in [3.8, 4) is 11.5 Å². The van der Waals surface area contributed by atoms with Gasteiger partial charge in [0, 0.05) is 0 Å². The van der Waals surface area contributed by atoms with E-state index in [1.165, 1.54) is 36.0 Å². The first kappa shape index (κ1) is 20.6. The van der Waals surface area contributed by atoms with Crippen molar-refractivity contribution in [2.75, 3.05) is 12.0 Å². The quantitative estimate of drug-likeness (QED) is 0.676. The van der Waals surface area contributed by atoms with Crippen LogP contribution < -0.4 is 14.6 Å². The molecule has 140 valence electrons. The zero-order valence-corrected chi connectivity index (χ0v) is 16.2. The Morgan fingerprint density at radius 1 is 1.23 bits per heavy atom. The topological polar surface area (TPSA) is 95.5 Å². The first-order chi connectivity index (χ1) is 12.3. The fraction of sp³-hybridized carbons (Fsp3) is 0.235. The number of nitrogens with one attached hydrogen (secondary N) is 1. The fourth-order valence-corrected chi connectivity index (χ4v) is 3.92. The molecule has 0 aliphatic rings. The van der Waals surface area contributed by atoms with Crippen LogP contribution >= 0.6 is 23.4 Å². The van der Waals surface area contributed by atoms with Gasteiger partial charge in [-0.25, -0.2) is 13.1 Å². The monoisotopic (exact) mass is 414 g/mol. The SMILES string of the molecule is CSCC[C@H](NS(=O)(=O)c1ccc(Oc2ccccc2Cl)cc1)C(=O)[O-]. The van der Waals surface area contributed by atoms with Gasteiger partial charge >= 0.3 is 0 Å². The Morgan fingerprint density at radius 2 is 1.88 bits per heavy atom. The van der Waals surface area contributed by atoms with Gasteiger partial charge in [0.2, 0.25) is 10.0 Å². The normalized spacial score (nSPS) is 12.5. The molecule has 0 saturated heterocycles. The molecule has 26 heavy (non-hydrogen) atoms. The molecule has 1 N–H and O–H groups in total. The Balaban J connectivity index is 2.13. The molecule has 0 aromatic heterocycles. The van der Waals surface area contributed by atoms with E-state index in [0.717, 1.165) is 0 Å². The Kier molecular flexibility index (Phi) is 7.33. The molecule has 0 amide bonds. The van der Waals surface area contributed by atoms with Crippen LogP contribution in [0, 0.1) is 0 Å². The van der Waals surface area contributed by atoms with Crippen molar-refractivity contribution >= 4 is 39.4 Å². The maximum absolute atomic E-state index is 12.4. The maximum atomic E-state index is 12.4. The number of carbonyl (C=O) groups is 1. The molecule has 0 bridgehead atoms. The van der Waals surface area contributed by atoms with Crippen molar-refractivity contribution in [1.82, 2.24) is 4.72 Å². The summed E-state index contributed by atoms with van der Waals surface area (Å²) in [6.07, 6.45) is 1.94. The van der Waals surface area contributed by atoms with E-state index in [4.69, 9.17) is 16.3 Å². The number of thioether (sulfide) groups is 1. The van der Waals surface area contributed by atoms with E-state index in [2.05, 4.69) is 4.72 Å². The van der Waals surface area contributed by atoms with E-state index >= 15 is 0 Å². The molecule has 0 radical (unpaired) electrons. The highest BCUT2D eigenvalue weighted by Gasteiger charge is 2.21. The minimum Gasteiger partial charge on any atom is -0.548 e. The second kappa shape index (κ2) is 9.27. The highest BCUT2D eigenvalue weighted by Crippen LogP contribution is 2.29. The van der Waals surface area contributed by atoms with Gasteiger partial charge in [-0.2, -0.15) is 11.8 Å². The highest BCUT2D eigenvalue weighted by molar-refractivity contribution is 7.98. The first-order valence-electron chi connectivity index (χ1n) is 7.58. The number of aliphatic carboxylic acids is 1. The van der Waals surface area contributed by atoms with Gasteiger partial charge in [-0.15, -0.1) is 0 Å². The molecule has 0 aliphatic carbocycles. The third kappa shape index (κ3) is 5.63. The van der Waals surface area contributed by atoms with Crippen molar-refractivity contribution in [2.24, 2.45) is 0 Å². The number of carbonyl (C=O) groups excluding carboxylic acids is 1. The van der Waals surface area contributed by atoms with Gasteiger partial charge < -0.3 is 14.6 Å². The summed E-state index contributed by atoms with van der Waals surface area (Å²) in [6.45, 7) is 0. The molecule has 6 nitrogen and oxygen atoms in total.